The SMILES string of the molecule is CCOC(=O)[C@@H]1CCNC[C@@H]1c1ccccc1.Cl. The number of piperidine rings is 1. The molecule has 1 saturated heterocycles. The van der Waals surface area contributed by atoms with Gasteiger partial charge in [-0.25, -0.2) is 0 Å². The van der Waals surface area contributed by atoms with Crippen LogP contribution in [0.2, 0.25) is 0 Å². The highest BCUT2D eigenvalue weighted by molar-refractivity contribution is 5.85. The minimum absolute atomic E-state index is 0. The van der Waals surface area contributed by atoms with Crippen molar-refractivity contribution in [3.63, 3.8) is 0 Å². The predicted molar refractivity (Wildman–Crippen MR) is 74.0 cm³/mol. The van der Waals surface area contributed by atoms with E-state index in [-0.39, 0.29) is 30.2 Å². The Labute approximate surface area is 114 Å². The van der Waals surface area contributed by atoms with Crippen molar-refractivity contribution in [1.29, 1.82) is 0 Å². The Bertz CT molecular complexity index is 369. The lowest BCUT2D eigenvalue weighted by Gasteiger charge is -2.30. The van der Waals surface area contributed by atoms with Gasteiger partial charge in [-0.3, -0.25) is 4.79 Å². The maximum Gasteiger partial charge on any atom is 0.309 e. The molecule has 0 spiro atoms. The van der Waals surface area contributed by atoms with Gasteiger partial charge in [-0.15, -0.1) is 12.4 Å². The number of hydrogen-bond acceptors (Lipinski definition) is 3. The Morgan fingerprint density at radius 1 is 1.39 bits per heavy atom. The van der Waals surface area contributed by atoms with Crippen LogP contribution in [0.25, 0.3) is 0 Å². The fourth-order valence-corrected chi connectivity index (χ4v) is 2.44. The Hall–Kier alpha value is -1.06. The summed E-state index contributed by atoms with van der Waals surface area (Å²) in [7, 11) is 0. The van der Waals surface area contributed by atoms with Crippen LogP contribution in [0, 0.1) is 5.92 Å². The van der Waals surface area contributed by atoms with Gasteiger partial charge in [-0.05, 0) is 25.5 Å². The second-order valence-electron chi connectivity index (χ2n) is 4.37. The molecule has 0 unspecified atom stereocenters. The topological polar surface area (TPSA) is 38.3 Å². The molecule has 1 aromatic carbocycles. The number of rotatable bonds is 3. The van der Waals surface area contributed by atoms with Crippen LogP contribution in [-0.4, -0.2) is 25.7 Å². The maximum atomic E-state index is 11.9. The van der Waals surface area contributed by atoms with E-state index in [0.717, 1.165) is 19.5 Å². The molecule has 4 heteroatoms. The summed E-state index contributed by atoms with van der Waals surface area (Å²) in [6, 6.07) is 10.2. The van der Waals surface area contributed by atoms with E-state index in [0.29, 0.717) is 6.61 Å². The first-order valence-corrected chi connectivity index (χ1v) is 6.25. The molecule has 0 saturated carbocycles. The first kappa shape index (κ1) is 15.0. The van der Waals surface area contributed by atoms with Crippen molar-refractivity contribution in [3.8, 4) is 0 Å². The monoisotopic (exact) mass is 269 g/mol. The van der Waals surface area contributed by atoms with Crippen molar-refractivity contribution in [3.05, 3.63) is 35.9 Å². The molecule has 1 N–H and O–H groups in total. The lowest BCUT2D eigenvalue weighted by molar-refractivity contribution is -0.149. The molecule has 1 fully saturated rings. The van der Waals surface area contributed by atoms with Gasteiger partial charge in [0.15, 0.2) is 0 Å². The van der Waals surface area contributed by atoms with Crippen molar-refractivity contribution in [2.45, 2.75) is 19.3 Å². The van der Waals surface area contributed by atoms with E-state index in [4.69, 9.17) is 4.74 Å². The van der Waals surface area contributed by atoms with Crippen molar-refractivity contribution >= 4 is 18.4 Å². The molecule has 0 aromatic heterocycles. The van der Waals surface area contributed by atoms with E-state index in [9.17, 15) is 4.79 Å². The fraction of sp³-hybridized carbons (Fsp3) is 0.500. The lowest BCUT2D eigenvalue weighted by Crippen LogP contribution is -2.39. The Morgan fingerprint density at radius 3 is 2.78 bits per heavy atom. The molecule has 0 bridgehead atoms. The van der Waals surface area contributed by atoms with Crippen LogP contribution in [0.15, 0.2) is 30.3 Å². The average molecular weight is 270 g/mol. The van der Waals surface area contributed by atoms with Gasteiger partial charge in [0, 0.05) is 12.5 Å². The van der Waals surface area contributed by atoms with Crippen molar-refractivity contribution in [1.82, 2.24) is 5.32 Å². The van der Waals surface area contributed by atoms with E-state index in [1.807, 2.05) is 25.1 Å². The van der Waals surface area contributed by atoms with E-state index in [1.165, 1.54) is 5.56 Å². The van der Waals surface area contributed by atoms with Crippen LogP contribution < -0.4 is 5.32 Å². The zero-order chi connectivity index (χ0) is 12.1. The van der Waals surface area contributed by atoms with Gasteiger partial charge < -0.3 is 10.1 Å². The average Bonchev–Trinajstić information content (AvgIpc) is 2.40. The third kappa shape index (κ3) is 3.47. The third-order valence-corrected chi connectivity index (χ3v) is 3.30. The van der Waals surface area contributed by atoms with E-state index >= 15 is 0 Å². The van der Waals surface area contributed by atoms with Gasteiger partial charge in [0.2, 0.25) is 0 Å². The van der Waals surface area contributed by atoms with E-state index in [1.54, 1.807) is 0 Å². The normalized spacial score (nSPS) is 22.9. The molecule has 1 aromatic rings. The molecule has 0 amide bonds. The number of ether oxygens (including phenoxy) is 1. The molecule has 1 aliphatic rings. The van der Waals surface area contributed by atoms with Crippen LogP contribution in [-0.2, 0) is 9.53 Å². The summed E-state index contributed by atoms with van der Waals surface area (Å²) in [5.41, 5.74) is 1.22. The minimum Gasteiger partial charge on any atom is -0.466 e. The van der Waals surface area contributed by atoms with Crippen LogP contribution in [0.1, 0.15) is 24.8 Å². The summed E-state index contributed by atoms with van der Waals surface area (Å²) in [6.07, 6.45) is 0.860. The molecule has 100 valence electrons. The van der Waals surface area contributed by atoms with Crippen molar-refractivity contribution in [2.75, 3.05) is 19.7 Å². The summed E-state index contributed by atoms with van der Waals surface area (Å²) in [4.78, 5) is 11.9. The van der Waals surface area contributed by atoms with Gasteiger partial charge in [-0.1, -0.05) is 30.3 Å². The molecule has 18 heavy (non-hydrogen) atoms. The largest absolute Gasteiger partial charge is 0.466 e. The molecular weight excluding hydrogens is 250 g/mol. The predicted octanol–water partition coefficient (Wildman–Crippen LogP) is 2.36. The smallest absolute Gasteiger partial charge is 0.309 e. The Kier molecular flexibility index (Phi) is 6.16. The molecule has 2 atom stereocenters. The fourth-order valence-electron chi connectivity index (χ4n) is 2.44. The number of carbonyl (C=O) groups excluding carboxylic acids is 1. The Balaban J connectivity index is 0.00000162. The minimum atomic E-state index is -0.0529. The highest BCUT2D eigenvalue weighted by atomic mass is 35.5. The number of halogens is 1. The maximum absolute atomic E-state index is 11.9. The molecular formula is C14H20ClNO2. The molecule has 1 heterocycles. The number of nitrogens with one attached hydrogen (secondary N) is 1. The molecule has 0 radical (unpaired) electrons. The molecule has 3 nitrogen and oxygen atoms in total. The number of esters is 1. The zero-order valence-corrected chi connectivity index (χ0v) is 11.4. The van der Waals surface area contributed by atoms with Crippen molar-refractivity contribution in [2.24, 2.45) is 5.92 Å². The first-order valence-electron chi connectivity index (χ1n) is 6.25. The summed E-state index contributed by atoms with van der Waals surface area (Å²) in [6.45, 7) is 4.07. The van der Waals surface area contributed by atoms with Crippen molar-refractivity contribution < 1.29 is 9.53 Å². The summed E-state index contributed by atoms with van der Waals surface area (Å²) < 4.78 is 5.17. The van der Waals surface area contributed by atoms with Crippen LogP contribution in [0.3, 0.4) is 0 Å². The second kappa shape index (κ2) is 7.39. The summed E-state index contributed by atoms with van der Waals surface area (Å²) in [5.74, 6) is 0.186. The Morgan fingerprint density at radius 2 is 2.11 bits per heavy atom. The van der Waals surface area contributed by atoms with E-state index in [2.05, 4.69) is 17.4 Å². The standard InChI is InChI=1S/C14H19NO2.ClH/c1-2-17-14(16)12-8-9-15-10-13(12)11-6-4-3-5-7-11;/h3-7,12-13,15H,2,8-10H2,1H3;1H/t12-,13-;/m1./s1. The highest BCUT2D eigenvalue weighted by Crippen LogP contribution is 2.30. The summed E-state index contributed by atoms with van der Waals surface area (Å²) in [5, 5.41) is 3.35. The second-order valence-corrected chi connectivity index (χ2v) is 4.37. The lowest BCUT2D eigenvalue weighted by atomic mass is 9.81. The highest BCUT2D eigenvalue weighted by Gasteiger charge is 2.32. The van der Waals surface area contributed by atoms with Crippen LogP contribution in [0.4, 0.5) is 0 Å². The summed E-state index contributed by atoms with van der Waals surface area (Å²) >= 11 is 0. The van der Waals surface area contributed by atoms with Crippen LogP contribution in [0.5, 0.6) is 0 Å². The zero-order valence-electron chi connectivity index (χ0n) is 10.6. The quantitative estimate of drug-likeness (QED) is 0.856. The third-order valence-electron chi connectivity index (χ3n) is 3.30. The number of carbonyl (C=O) groups is 1. The van der Waals surface area contributed by atoms with Gasteiger partial charge >= 0.3 is 5.97 Å². The first-order chi connectivity index (χ1) is 8.33. The molecule has 0 aliphatic carbocycles. The van der Waals surface area contributed by atoms with Gasteiger partial charge in [0.25, 0.3) is 0 Å². The molecule has 1 aliphatic heterocycles. The number of hydrogen-bond donors (Lipinski definition) is 1. The van der Waals surface area contributed by atoms with E-state index < -0.39 is 0 Å². The van der Waals surface area contributed by atoms with Gasteiger partial charge in [-0.2, -0.15) is 0 Å². The van der Waals surface area contributed by atoms with Gasteiger partial charge in [0.05, 0.1) is 12.5 Å². The van der Waals surface area contributed by atoms with Gasteiger partial charge in [0.1, 0.15) is 0 Å². The molecule has 2 rings (SSSR count). The number of benzene rings is 1. The van der Waals surface area contributed by atoms with Crippen LogP contribution >= 0.6 is 12.4 Å².